The SMILES string of the molecule is CCOc1cccc(CN=C(NCCOC)NCc2ccccn2)c1. The van der Waals surface area contributed by atoms with E-state index in [1.807, 2.05) is 49.4 Å². The minimum Gasteiger partial charge on any atom is -0.494 e. The predicted octanol–water partition coefficient (Wildman–Crippen LogP) is 2.36. The second-order valence-electron chi connectivity index (χ2n) is 5.34. The maximum absolute atomic E-state index is 5.53. The topological polar surface area (TPSA) is 67.8 Å². The standard InChI is InChI=1S/C19H26N4O2/c1-3-25-18-9-6-7-16(13-18)14-22-19(21-11-12-24-2)23-15-17-8-4-5-10-20-17/h4-10,13H,3,11-12,14-15H2,1-2H3,(H2,21,22,23). The van der Waals surface area contributed by atoms with Gasteiger partial charge in [0, 0.05) is 19.9 Å². The Balaban J connectivity index is 1.97. The Kier molecular flexibility index (Phi) is 8.27. The summed E-state index contributed by atoms with van der Waals surface area (Å²) in [6, 6.07) is 13.8. The number of guanidine groups is 1. The van der Waals surface area contributed by atoms with Gasteiger partial charge in [0.1, 0.15) is 5.75 Å². The molecule has 0 aliphatic rings. The Morgan fingerprint density at radius 1 is 1.16 bits per heavy atom. The lowest BCUT2D eigenvalue weighted by Crippen LogP contribution is -2.38. The van der Waals surface area contributed by atoms with Crippen LogP contribution in [0.15, 0.2) is 53.7 Å². The highest BCUT2D eigenvalue weighted by Gasteiger charge is 2.01. The van der Waals surface area contributed by atoms with Crippen LogP contribution in [0.5, 0.6) is 5.75 Å². The zero-order valence-corrected chi connectivity index (χ0v) is 14.9. The fourth-order valence-corrected chi connectivity index (χ4v) is 2.19. The summed E-state index contributed by atoms with van der Waals surface area (Å²) in [7, 11) is 1.68. The minimum atomic E-state index is 0.561. The molecule has 0 saturated carbocycles. The molecule has 1 aromatic heterocycles. The smallest absolute Gasteiger partial charge is 0.191 e. The van der Waals surface area contributed by atoms with Crippen molar-refractivity contribution in [2.24, 2.45) is 4.99 Å². The normalized spacial score (nSPS) is 11.2. The zero-order valence-electron chi connectivity index (χ0n) is 14.9. The highest BCUT2D eigenvalue weighted by molar-refractivity contribution is 5.79. The third-order valence-electron chi connectivity index (χ3n) is 3.39. The predicted molar refractivity (Wildman–Crippen MR) is 99.7 cm³/mol. The number of nitrogens with one attached hydrogen (secondary N) is 2. The molecule has 134 valence electrons. The largest absolute Gasteiger partial charge is 0.494 e. The fourth-order valence-electron chi connectivity index (χ4n) is 2.19. The summed E-state index contributed by atoms with van der Waals surface area (Å²) in [5.74, 6) is 1.59. The highest BCUT2D eigenvalue weighted by Crippen LogP contribution is 2.13. The van der Waals surface area contributed by atoms with E-state index >= 15 is 0 Å². The Bertz CT molecular complexity index is 647. The van der Waals surface area contributed by atoms with E-state index in [9.17, 15) is 0 Å². The van der Waals surface area contributed by atoms with E-state index in [0.717, 1.165) is 23.0 Å². The molecule has 0 spiro atoms. The van der Waals surface area contributed by atoms with Gasteiger partial charge in [-0.1, -0.05) is 18.2 Å². The molecular formula is C19H26N4O2. The molecule has 2 N–H and O–H groups in total. The number of methoxy groups -OCH3 is 1. The van der Waals surface area contributed by atoms with Gasteiger partial charge in [-0.05, 0) is 36.8 Å². The van der Waals surface area contributed by atoms with Crippen molar-refractivity contribution < 1.29 is 9.47 Å². The van der Waals surface area contributed by atoms with Crippen LogP contribution in [-0.2, 0) is 17.8 Å². The maximum Gasteiger partial charge on any atom is 0.191 e. The summed E-state index contributed by atoms with van der Waals surface area (Å²) >= 11 is 0. The Hall–Kier alpha value is -2.60. The molecule has 0 amide bonds. The quantitative estimate of drug-likeness (QED) is 0.416. The molecule has 0 saturated heterocycles. The van der Waals surface area contributed by atoms with Crippen LogP contribution in [0.4, 0.5) is 0 Å². The summed E-state index contributed by atoms with van der Waals surface area (Å²) in [6.07, 6.45) is 1.78. The van der Waals surface area contributed by atoms with Gasteiger partial charge in [-0.2, -0.15) is 0 Å². The van der Waals surface area contributed by atoms with Crippen molar-refractivity contribution in [2.45, 2.75) is 20.0 Å². The number of pyridine rings is 1. The lowest BCUT2D eigenvalue weighted by atomic mass is 10.2. The van der Waals surface area contributed by atoms with Gasteiger partial charge in [0.2, 0.25) is 0 Å². The Morgan fingerprint density at radius 2 is 2.08 bits per heavy atom. The van der Waals surface area contributed by atoms with Gasteiger partial charge in [0.15, 0.2) is 5.96 Å². The second kappa shape index (κ2) is 11.0. The minimum absolute atomic E-state index is 0.561. The van der Waals surface area contributed by atoms with E-state index in [1.165, 1.54) is 0 Å². The molecule has 0 fully saturated rings. The number of nitrogens with zero attached hydrogens (tertiary/aromatic N) is 2. The van der Waals surface area contributed by atoms with Gasteiger partial charge in [0.05, 0.1) is 32.0 Å². The Morgan fingerprint density at radius 3 is 2.84 bits per heavy atom. The molecule has 1 heterocycles. The number of benzene rings is 1. The van der Waals surface area contributed by atoms with E-state index in [1.54, 1.807) is 13.3 Å². The van der Waals surface area contributed by atoms with Crippen molar-refractivity contribution in [1.82, 2.24) is 15.6 Å². The molecule has 0 aliphatic heterocycles. The molecular weight excluding hydrogens is 316 g/mol. The molecule has 1 aromatic carbocycles. The van der Waals surface area contributed by atoms with Crippen LogP contribution >= 0.6 is 0 Å². The van der Waals surface area contributed by atoms with E-state index in [4.69, 9.17) is 9.47 Å². The van der Waals surface area contributed by atoms with Gasteiger partial charge in [0.25, 0.3) is 0 Å². The van der Waals surface area contributed by atoms with Crippen LogP contribution in [0.25, 0.3) is 0 Å². The number of hydrogen-bond donors (Lipinski definition) is 2. The first kappa shape index (κ1) is 18.7. The monoisotopic (exact) mass is 342 g/mol. The molecule has 6 nitrogen and oxygen atoms in total. The number of hydrogen-bond acceptors (Lipinski definition) is 4. The van der Waals surface area contributed by atoms with Crippen LogP contribution in [0.2, 0.25) is 0 Å². The maximum atomic E-state index is 5.53. The third kappa shape index (κ3) is 7.22. The zero-order chi connectivity index (χ0) is 17.7. The van der Waals surface area contributed by atoms with E-state index in [-0.39, 0.29) is 0 Å². The first-order valence-corrected chi connectivity index (χ1v) is 8.44. The van der Waals surface area contributed by atoms with Gasteiger partial charge in [-0.25, -0.2) is 4.99 Å². The molecule has 6 heteroatoms. The number of ether oxygens (including phenoxy) is 2. The first-order valence-electron chi connectivity index (χ1n) is 8.44. The molecule has 0 radical (unpaired) electrons. The molecule has 0 bridgehead atoms. The van der Waals surface area contributed by atoms with Crippen molar-refractivity contribution in [1.29, 1.82) is 0 Å². The number of aromatic nitrogens is 1. The van der Waals surface area contributed by atoms with Gasteiger partial charge >= 0.3 is 0 Å². The van der Waals surface area contributed by atoms with Gasteiger partial charge in [-0.3, -0.25) is 4.98 Å². The molecule has 0 atom stereocenters. The fraction of sp³-hybridized carbons (Fsp3) is 0.368. The molecule has 25 heavy (non-hydrogen) atoms. The van der Waals surface area contributed by atoms with Crippen LogP contribution in [-0.4, -0.2) is 37.8 Å². The van der Waals surface area contributed by atoms with Crippen LogP contribution < -0.4 is 15.4 Å². The summed E-state index contributed by atoms with van der Waals surface area (Å²) < 4.78 is 10.6. The molecule has 2 rings (SSSR count). The van der Waals surface area contributed by atoms with Crippen molar-refractivity contribution in [3.8, 4) is 5.75 Å². The van der Waals surface area contributed by atoms with Crippen molar-refractivity contribution in [2.75, 3.05) is 26.9 Å². The highest BCUT2D eigenvalue weighted by atomic mass is 16.5. The van der Waals surface area contributed by atoms with Crippen molar-refractivity contribution >= 4 is 5.96 Å². The third-order valence-corrected chi connectivity index (χ3v) is 3.39. The lowest BCUT2D eigenvalue weighted by Gasteiger charge is -2.12. The van der Waals surface area contributed by atoms with Gasteiger partial charge < -0.3 is 20.1 Å². The van der Waals surface area contributed by atoms with Crippen molar-refractivity contribution in [3.63, 3.8) is 0 Å². The summed E-state index contributed by atoms with van der Waals surface area (Å²) in [6.45, 7) is 5.10. The second-order valence-corrected chi connectivity index (χ2v) is 5.34. The average molecular weight is 342 g/mol. The molecule has 2 aromatic rings. The van der Waals surface area contributed by atoms with Crippen LogP contribution in [0.1, 0.15) is 18.2 Å². The molecule has 0 aliphatic carbocycles. The first-order chi connectivity index (χ1) is 12.3. The molecule has 0 unspecified atom stereocenters. The summed E-state index contributed by atoms with van der Waals surface area (Å²) in [5, 5.41) is 6.55. The average Bonchev–Trinajstić information content (AvgIpc) is 2.65. The van der Waals surface area contributed by atoms with Crippen LogP contribution in [0, 0.1) is 0 Å². The number of aliphatic imine (C=N–C) groups is 1. The van der Waals surface area contributed by atoms with Gasteiger partial charge in [-0.15, -0.1) is 0 Å². The lowest BCUT2D eigenvalue weighted by molar-refractivity contribution is 0.203. The van der Waals surface area contributed by atoms with E-state index in [2.05, 4.69) is 20.6 Å². The summed E-state index contributed by atoms with van der Waals surface area (Å²) in [5.41, 5.74) is 2.05. The summed E-state index contributed by atoms with van der Waals surface area (Å²) in [4.78, 5) is 8.95. The van der Waals surface area contributed by atoms with Crippen LogP contribution in [0.3, 0.4) is 0 Å². The van der Waals surface area contributed by atoms with E-state index in [0.29, 0.717) is 32.8 Å². The van der Waals surface area contributed by atoms with E-state index < -0.39 is 0 Å². The van der Waals surface area contributed by atoms with Crippen molar-refractivity contribution in [3.05, 3.63) is 59.9 Å². The number of rotatable bonds is 9. The Labute approximate surface area is 149 Å².